The van der Waals surface area contributed by atoms with Crippen LogP contribution in [-0.4, -0.2) is 12.5 Å². The fourth-order valence-corrected chi connectivity index (χ4v) is 2.43. The summed E-state index contributed by atoms with van der Waals surface area (Å²) in [5, 5.41) is 2.84. The third-order valence-electron chi connectivity index (χ3n) is 3.58. The largest absolute Gasteiger partial charge is 0.484 e. The van der Waals surface area contributed by atoms with Gasteiger partial charge in [-0.2, -0.15) is 0 Å². The number of rotatable bonds is 6. The molecule has 1 atom stereocenters. The standard InChI is InChI=1S/C18H23NO3/c1-12(2)16-8-7-15(10-13(16)3)22-11-18(20)19-14(4)17-6-5-9-21-17/h5-10,12,14H,11H2,1-4H3,(H,19,20). The lowest BCUT2D eigenvalue weighted by Crippen LogP contribution is -2.31. The van der Waals surface area contributed by atoms with E-state index in [1.807, 2.05) is 25.1 Å². The fourth-order valence-electron chi connectivity index (χ4n) is 2.43. The van der Waals surface area contributed by atoms with Crippen LogP contribution in [0.4, 0.5) is 0 Å². The quantitative estimate of drug-likeness (QED) is 0.878. The molecule has 0 saturated heterocycles. The van der Waals surface area contributed by atoms with E-state index in [2.05, 4.69) is 32.2 Å². The highest BCUT2D eigenvalue weighted by atomic mass is 16.5. The minimum Gasteiger partial charge on any atom is -0.484 e. The van der Waals surface area contributed by atoms with E-state index >= 15 is 0 Å². The van der Waals surface area contributed by atoms with Crippen LogP contribution in [0.15, 0.2) is 41.0 Å². The molecule has 0 spiro atoms. The Morgan fingerprint density at radius 3 is 2.64 bits per heavy atom. The summed E-state index contributed by atoms with van der Waals surface area (Å²) in [6, 6.07) is 9.40. The highest BCUT2D eigenvalue weighted by Crippen LogP contribution is 2.23. The summed E-state index contributed by atoms with van der Waals surface area (Å²) in [5.74, 6) is 1.74. The van der Waals surface area contributed by atoms with Crippen molar-refractivity contribution in [2.75, 3.05) is 6.61 Å². The molecule has 2 aromatic rings. The smallest absolute Gasteiger partial charge is 0.258 e. The van der Waals surface area contributed by atoms with Crippen LogP contribution in [0.5, 0.6) is 5.75 Å². The summed E-state index contributed by atoms with van der Waals surface area (Å²) in [6.07, 6.45) is 1.59. The van der Waals surface area contributed by atoms with E-state index in [0.717, 1.165) is 5.76 Å². The second-order valence-corrected chi connectivity index (χ2v) is 5.77. The average Bonchev–Trinajstić information content (AvgIpc) is 2.99. The van der Waals surface area contributed by atoms with Crippen LogP contribution >= 0.6 is 0 Å². The summed E-state index contributed by atoms with van der Waals surface area (Å²) in [6.45, 7) is 8.24. The lowest BCUT2D eigenvalue weighted by molar-refractivity contribution is -0.123. The minimum atomic E-state index is -0.172. The maximum atomic E-state index is 11.9. The van der Waals surface area contributed by atoms with Crippen LogP contribution < -0.4 is 10.1 Å². The van der Waals surface area contributed by atoms with Gasteiger partial charge in [0.05, 0.1) is 12.3 Å². The molecule has 1 aromatic carbocycles. The van der Waals surface area contributed by atoms with Crippen molar-refractivity contribution in [2.45, 2.75) is 39.7 Å². The van der Waals surface area contributed by atoms with E-state index in [-0.39, 0.29) is 18.6 Å². The first-order valence-electron chi connectivity index (χ1n) is 7.53. The molecular weight excluding hydrogens is 278 g/mol. The van der Waals surface area contributed by atoms with Crippen molar-refractivity contribution in [1.29, 1.82) is 0 Å². The van der Waals surface area contributed by atoms with Crippen molar-refractivity contribution in [3.63, 3.8) is 0 Å². The molecule has 0 aliphatic rings. The van der Waals surface area contributed by atoms with Gasteiger partial charge in [0.25, 0.3) is 5.91 Å². The van der Waals surface area contributed by atoms with Gasteiger partial charge in [-0.1, -0.05) is 19.9 Å². The van der Waals surface area contributed by atoms with Gasteiger partial charge in [0.2, 0.25) is 0 Å². The summed E-state index contributed by atoms with van der Waals surface area (Å²) >= 11 is 0. The molecule has 1 amide bonds. The van der Waals surface area contributed by atoms with E-state index in [9.17, 15) is 4.79 Å². The first-order chi connectivity index (χ1) is 10.5. The molecule has 0 saturated carbocycles. The van der Waals surface area contributed by atoms with Crippen molar-refractivity contribution >= 4 is 5.91 Å². The Hall–Kier alpha value is -2.23. The summed E-state index contributed by atoms with van der Waals surface area (Å²) in [4.78, 5) is 11.9. The number of hydrogen-bond acceptors (Lipinski definition) is 3. The molecule has 0 aliphatic carbocycles. The van der Waals surface area contributed by atoms with Crippen LogP contribution in [0.1, 0.15) is 49.6 Å². The summed E-state index contributed by atoms with van der Waals surface area (Å²) in [5.41, 5.74) is 2.47. The molecule has 4 nitrogen and oxygen atoms in total. The Balaban J connectivity index is 1.87. The molecule has 1 aromatic heterocycles. The van der Waals surface area contributed by atoms with Crippen molar-refractivity contribution in [3.05, 3.63) is 53.5 Å². The molecule has 1 N–H and O–H groups in total. The molecule has 0 aliphatic heterocycles. The Bertz CT molecular complexity index is 617. The van der Waals surface area contributed by atoms with E-state index in [0.29, 0.717) is 11.7 Å². The molecule has 1 heterocycles. The van der Waals surface area contributed by atoms with Crippen molar-refractivity contribution < 1.29 is 13.9 Å². The van der Waals surface area contributed by atoms with E-state index < -0.39 is 0 Å². The van der Waals surface area contributed by atoms with E-state index in [1.54, 1.807) is 12.3 Å². The minimum absolute atomic E-state index is 0.00842. The lowest BCUT2D eigenvalue weighted by Gasteiger charge is -2.14. The van der Waals surface area contributed by atoms with Crippen LogP contribution in [0.3, 0.4) is 0 Å². The zero-order valence-corrected chi connectivity index (χ0v) is 13.6. The molecular formula is C18H23NO3. The molecule has 2 rings (SSSR count). The molecule has 0 bridgehead atoms. The van der Waals surface area contributed by atoms with Gasteiger partial charge in [0.15, 0.2) is 6.61 Å². The average molecular weight is 301 g/mol. The van der Waals surface area contributed by atoms with Gasteiger partial charge in [-0.25, -0.2) is 0 Å². The highest BCUT2D eigenvalue weighted by molar-refractivity contribution is 5.77. The Morgan fingerprint density at radius 1 is 1.27 bits per heavy atom. The van der Waals surface area contributed by atoms with E-state index in [1.165, 1.54) is 11.1 Å². The summed E-state index contributed by atoms with van der Waals surface area (Å²) in [7, 11) is 0. The van der Waals surface area contributed by atoms with Gasteiger partial charge >= 0.3 is 0 Å². The molecule has 1 unspecified atom stereocenters. The maximum absolute atomic E-state index is 11.9. The molecule has 0 fully saturated rings. The maximum Gasteiger partial charge on any atom is 0.258 e. The van der Waals surface area contributed by atoms with Gasteiger partial charge in [0, 0.05) is 0 Å². The van der Waals surface area contributed by atoms with Gasteiger partial charge in [-0.3, -0.25) is 4.79 Å². The number of hydrogen-bond donors (Lipinski definition) is 1. The zero-order chi connectivity index (χ0) is 16.1. The Morgan fingerprint density at radius 2 is 2.05 bits per heavy atom. The van der Waals surface area contributed by atoms with Crippen molar-refractivity contribution in [3.8, 4) is 5.75 Å². The zero-order valence-electron chi connectivity index (χ0n) is 13.6. The van der Waals surface area contributed by atoms with Crippen LogP contribution in [0, 0.1) is 6.92 Å². The van der Waals surface area contributed by atoms with Crippen molar-refractivity contribution in [1.82, 2.24) is 5.32 Å². The second kappa shape index (κ2) is 7.16. The van der Waals surface area contributed by atoms with Gasteiger partial charge in [0.1, 0.15) is 11.5 Å². The number of nitrogens with one attached hydrogen (secondary N) is 1. The SMILES string of the molecule is Cc1cc(OCC(=O)NC(C)c2ccco2)ccc1C(C)C. The summed E-state index contributed by atoms with van der Waals surface area (Å²) < 4.78 is 10.8. The Kier molecular flexibility index (Phi) is 5.26. The van der Waals surface area contributed by atoms with Gasteiger partial charge in [-0.05, 0) is 55.2 Å². The Labute approximate surface area is 131 Å². The highest BCUT2D eigenvalue weighted by Gasteiger charge is 2.12. The van der Waals surface area contributed by atoms with Crippen LogP contribution in [-0.2, 0) is 4.79 Å². The molecule has 4 heteroatoms. The van der Waals surface area contributed by atoms with Gasteiger partial charge in [-0.15, -0.1) is 0 Å². The predicted molar refractivity (Wildman–Crippen MR) is 86.0 cm³/mol. The molecule has 22 heavy (non-hydrogen) atoms. The number of amides is 1. The number of carbonyl (C=O) groups excluding carboxylic acids is 1. The van der Waals surface area contributed by atoms with Gasteiger partial charge < -0.3 is 14.5 Å². The molecule has 118 valence electrons. The van der Waals surface area contributed by atoms with Crippen LogP contribution in [0.2, 0.25) is 0 Å². The first-order valence-corrected chi connectivity index (χ1v) is 7.53. The third-order valence-corrected chi connectivity index (χ3v) is 3.58. The monoisotopic (exact) mass is 301 g/mol. The van der Waals surface area contributed by atoms with Crippen molar-refractivity contribution in [2.24, 2.45) is 0 Å². The number of benzene rings is 1. The topological polar surface area (TPSA) is 51.5 Å². The number of ether oxygens (including phenoxy) is 1. The van der Waals surface area contributed by atoms with Crippen LogP contribution in [0.25, 0.3) is 0 Å². The number of aryl methyl sites for hydroxylation is 1. The fraction of sp³-hybridized carbons (Fsp3) is 0.389. The predicted octanol–water partition coefficient (Wildman–Crippen LogP) is 3.97. The number of furan rings is 1. The lowest BCUT2D eigenvalue weighted by atomic mass is 9.98. The second-order valence-electron chi connectivity index (χ2n) is 5.77. The van der Waals surface area contributed by atoms with E-state index in [4.69, 9.17) is 9.15 Å². The number of carbonyl (C=O) groups is 1. The first kappa shape index (κ1) is 16.1. The molecule has 0 radical (unpaired) electrons. The third kappa shape index (κ3) is 4.13. The normalized spacial score (nSPS) is 12.2.